The van der Waals surface area contributed by atoms with Crippen molar-refractivity contribution in [2.75, 3.05) is 63.0 Å². The van der Waals surface area contributed by atoms with Gasteiger partial charge >= 0.3 is 18.3 Å². The highest BCUT2D eigenvalue weighted by atomic mass is 28.4. The van der Waals surface area contributed by atoms with Crippen LogP contribution in [0.4, 0.5) is 25.8 Å². The van der Waals surface area contributed by atoms with E-state index < -0.39 is 62.8 Å². The number of rotatable bonds is 23. The van der Waals surface area contributed by atoms with Crippen molar-refractivity contribution in [3.05, 3.63) is 143 Å². The molecule has 7 atom stereocenters. The summed E-state index contributed by atoms with van der Waals surface area (Å²) < 4.78 is 43.3. The number of methoxy groups -OCH3 is 1. The number of anilines is 2. The molecule has 2 saturated heterocycles. The summed E-state index contributed by atoms with van der Waals surface area (Å²) in [5.74, 6) is -0.669. The molecular weight excluding hydrogens is 1200 g/mol. The maximum Gasteiger partial charge on any atom is 0.416 e. The first kappa shape index (κ1) is 67.7. The SMILES string of the molecule is C=CCOC(=O)N1C[C@@H]2CC(c3ccc(C)cc3)=CC2C(=O)c2cc(OC)c(OCCCOc3cc4c(cc3C)C(=O)N3CC5(CC5)C[C@H]3C(O[Si](C)(C)C(C)(C)C)N4C(=O)OCc3ccc(CC(=O)[C@@H](NC(=O)[C@@H]4CCCN4C(=O)OCC=C)[C@@H](C)CC)cc3)cc21. The van der Waals surface area contributed by atoms with E-state index in [-0.39, 0.29) is 85.8 Å². The van der Waals surface area contributed by atoms with Crippen LogP contribution in [0, 0.1) is 37.0 Å². The van der Waals surface area contributed by atoms with E-state index in [0.29, 0.717) is 108 Å². The number of carbonyl (C=O) groups excluding carboxylic acids is 7. The number of nitrogens with zero attached hydrogens (tertiary/aromatic N) is 4. The van der Waals surface area contributed by atoms with Crippen LogP contribution in [-0.4, -0.2) is 137 Å². The van der Waals surface area contributed by atoms with Gasteiger partial charge in [-0.2, -0.15) is 0 Å². The largest absolute Gasteiger partial charge is 0.493 e. The van der Waals surface area contributed by atoms with E-state index in [0.717, 1.165) is 29.5 Å². The molecule has 10 rings (SSSR count). The lowest BCUT2D eigenvalue weighted by Gasteiger charge is -2.44. The van der Waals surface area contributed by atoms with Crippen molar-refractivity contribution in [3.63, 3.8) is 0 Å². The Hall–Kier alpha value is -8.23. The first-order valence-corrected chi connectivity index (χ1v) is 35.7. The third kappa shape index (κ3) is 14.6. The minimum atomic E-state index is -2.69. The van der Waals surface area contributed by atoms with Crippen LogP contribution >= 0.6 is 0 Å². The molecule has 496 valence electrons. The van der Waals surface area contributed by atoms with Crippen molar-refractivity contribution in [3.8, 4) is 17.2 Å². The summed E-state index contributed by atoms with van der Waals surface area (Å²) >= 11 is 0. The molecule has 0 bridgehead atoms. The van der Waals surface area contributed by atoms with Crippen LogP contribution < -0.4 is 29.3 Å². The third-order valence-corrected chi connectivity index (χ3v) is 24.4. The molecule has 1 spiro atoms. The fourth-order valence-electron chi connectivity index (χ4n) is 13.2. The van der Waals surface area contributed by atoms with Gasteiger partial charge in [-0.05, 0) is 128 Å². The Morgan fingerprint density at radius 2 is 1.48 bits per heavy atom. The van der Waals surface area contributed by atoms with Gasteiger partial charge in [-0.1, -0.05) is 127 Å². The quantitative estimate of drug-likeness (QED) is 0.0317. The highest BCUT2D eigenvalue weighted by molar-refractivity contribution is 6.74. The number of ketones is 2. The van der Waals surface area contributed by atoms with E-state index in [9.17, 15) is 24.0 Å². The van der Waals surface area contributed by atoms with Crippen molar-refractivity contribution in [1.29, 1.82) is 0 Å². The molecule has 1 saturated carbocycles. The van der Waals surface area contributed by atoms with Crippen LogP contribution in [-0.2, 0) is 41.3 Å². The zero-order valence-corrected chi connectivity index (χ0v) is 56.6. The third-order valence-electron chi connectivity index (χ3n) is 20.0. The molecule has 20 heteroatoms. The Balaban J connectivity index is 0.863. The second-order valence-corrected chi connectivity index (χ2v) is 32.3. The molecule has 2 unspecified atom stereocenters. The molecular formula is C73H91N5O14Si. The van der Waals surface area contributed by atoms with E-state index in [1.165, 1.54) is 29.1 Å². The summed E-state index contributed by atoms with van der Waals surface area (Å²) in [5.41, 5.74) is 6.54. The number of aryl methyl sites for hydroxylation is 2. The lowest BCUT2D eigenvalue weighted by atomic mass is 9.89. The van der Waals surface area contributed by atoms with Gasteiger partial charge in [-0.3, -0.25) is 29.0 Å². The topological polar surface area (TPSA) is 209 Å². The molecule has 93 heavy (non-hydrogen) atoms. The number of Topliss-reactive ketones (excluding diaryl/α,β-unsaturated/α-hetero) is 2. The molecule has 19 nitrogen and oxygen atoms in total. The lowest BCUT2D eigenvalue weighted by Crippen LogP contribution is -2.58. The van der Waals surface area contributed by atoms with E-state index in [1.54, 1.807) is 41.3 Å². The second-order valence-electron chi connectivity index (χ2n) is 27.5. The summed E-state index contributed by atoms with van der Waals surface area (Å²) in [4.78, 5) is 106. The van der Waals surface area contributed by atoms with Gasteiger partial charge < -0.3 is 43.1 Å². The molecule has 0 radical (unpaired) electrons. The van der Waals surface area contributed by atoms with E-state index in [4.69, 9.17) is 32.8 Å². The molecule has 6 aliphatic rings. The van der Waals surface area contributed by atoms with Gasteiger partial charge in [0.05, 0.1) is 49.3 Å². The fourth-order valence-corrected chi connectivity index (χ4v) is 14.4. The van der Waals surface area contributed by atoms with Crippen LogP contribution in [0.5, 0.6) is 17.2 Å². The van der Waals surface area contributed by atoms with Gasteiger partial charge in [0.2, 0.25) is 5.91 Å². The van der Waals surface area contributed by atoms with Gasteiger partial charge in [-0.15, -0.1) is 0 Å². The van der Waals surface area contributed by atoms with Crippen LogP contribution in [0.15, 0.2) is 104 Å². The normalized spacial score (nSPS) is 21.0. The number of hydrogen-bond acceptors (Lipinski definition) is 14. The predicted molar refractivity (Wildman–Crippen MR) is 357 cm³/mol. The first-order chi connectivity index (χ1) is 44.4. The smallest absolute Gasteiger partial charge is 0.416 e. The predicted octanol–water partition coefficient (Wildman–Crippen LogP) is 13.1. The standard InChI is InChI=1S/C73H91N5O14Si/c1-13-30-89-69(83)75-29-16-18-56(75)66(81)74-64(46(5)15-3)60(79)35-48-21-23-49(24-22-48)43-91-71(85)78-58-40-61(47(6)34-55(58)67(82)77-44-73(27-28-73)41-59(77)68(78)92-93(11,12)72(7,8)9)87-32-17-33-88-63-39-57-54(38-62(63)86-10)65(80)53-37-51(50-25-19-45(4)20-26-50)36-52(53)42-76(57)70(84)90-31-14-2/h13-14,19-26,34,37-40,46,52-53,56,59,64,68H,1-2,15-18,27-33,35-36,41-44H2,3-12H3,(H,74,81)/t46-,52-,53?,56-,59-,64-,68?/m0/s1. The second kappa shape index (κ2) is 28.2. The number of amides is 5. The Labute approximate surface area is 547 Å². The highest BCUT2D eigenvalue weighted by Gasteiger charge is 2.60. The van der Waals surface area contributed by atoms with Crippen molar-refractivity contribution in [2.24, 2.45) is 23.2 Å². The Morgan fingerprint density at radius 3 is 2.14 bits per heavy atom. The zero-order valence-electron chi connectivity index (χ0n) is 55.6. The molecule has 4 heterocycles. The fraction of sp³-hybridized carbons (Fsp3) is 0.493. The summed E-state index contributed by atoms with van der Waals surface area (Å²) in [5, 5.41) is 2.70. The van der Waals surface area contributed by atoms with Crippen molar-refractivity contribution < 1.29 is 66.4 Å². The van der Waals surface area contributed by atoms with Gasteiger partial charge in [0.15, 0.2) is 37.6 Å². The highest BCUT2D eigenvalue weighted by Crippen LogP contribution is 2.58. The molecule has 4 aromatic rings. The molecule has 3 fully saturated rings. The van der Waals surface area contributed by atoms with Crippen molar-refractivity contribution >= 4 is 66.9 Å². The maximum absolute atomic E-state index is 15.3. The monoisotopic (exact) mass is 1290 g/mol. The van der Waals surface area contributed by atoms with Crippen LogP contribution in [0.25, 0.3) is 5.57 Å². The van der Waals surface area contributed by atoms with Crippen LogP contribution in [0.2, 0.25) is 18.1 Å². The van der Waals surface area contributed by atoms with Crippen LogP contribution in [0.1, 0.15) is 135 Å². The Morgan fingerprint density at radius 1 is 0.817 bits per heavy atom. The molecule has 4 aliphatic heterocycles. The number of benzene rings is 4. The van der Waals surface area contributed by atoms with Crippen molar-refractivity contribution in [2.45, 2.75) is 155 Å². The van der Waals surface area contributed by atoms with E-state index in [1.807, 2.05) is 50.8 Å². The lowest BCUT2D eigenvalue weighted by molar-refractivity contribution is -0.131. The van der Waals surface area contributed by atoms with Gasteiger partial charge in [0, 0.05) is 56.1 Å². The average molecular weight is 1290 g/mol. The number of likely N-dealkylation sites (tertiary alicyclic amines) is 1. The Bertz CT molecular complexity index is 3560. The molecule has 1 N–H and O–H groups in total. The molecule has 2 aliphatic carbocycles. The molecule has 4 aromatic carbocycles. The number of allylic oxidation sites excluding steroid dienone is 2. The van der Waals surface area contributed by atoms with Gasteiger partial charge in [0.25, 0.3) is 5.91 Å². The van der Waals surface area contributed by atoms with Gasteiger partial charge in [0.1, 0.15) is 31.6 Å². The summed E-state index contributed by atoms with van der Waals surface area (Å²) in [6.45, 7) is 27.1. The number of fused-ring (bicyclic) bond motifs is 4. The maximum atomic E-state index is 15.3. The minimum absolute atomic E-state index is 0.0119. The number of ether oxygens (including phenoxy) is 6. The number of carbonyl (C=O) groups is 7. The number of hydrogen-bond donors (Lipinski definition) is 1. The molecule has 5 amide bonds. The van der Waals surface area contributed by atoms with E-state index >= 15 is 9.59 Å². The summed E-state index contributed by atoms with van der Waals surface area (Å²) in [6.07, 6.45) is 7.54. The summed E-state index contributed by atoms with van der Waals surface area (Å²) in [7, 11) is -1.19. The van der Waals surface area contributed by atoms with Crippen LogP contribution in [0.3, 0.4) is 0 Å². The van der Waals surface area contributed by atoms with Crippen molar-refractivity contribution in [1.82, 2.24) is 15.1 Å². The zero-order chi connectivity index (χ0) is 66.7. The number of nitrogens with one attached hydrogen (secondary N) is 1. The first-order valence-electron chi connectivity index (χ1n) is 32.8. The molecule has 0 aromatic heterocycles. The minimum Gasteiger partial charge on any atom is -0.493 e. The summed E-state index contributed by atoms with van der Waals surface area (Å²) in [6, 6.07) is 20.3. The van der Waals surface area contributed by atoms with Gasteiger partial charge in [-0.25, -0.2) is 19.3 Å². The average Bonchev–Trinajstić information content (AvgIpc) is 1.54. The Kier molecular flexibility index (Phi) is 20.5. The van der Waals surface area contributed by atoms with E-state index in [2.05, 4.69) is 76.6 Å².